The first-order chi connectivity index (χ1) is 16.4. The first-order valence-corrected chi connectivity index (χ1v) is 11.0. The molecule has 0 spiro atoms. The van der Waals surface area contributed by atoms with Gasteiger partial charge in [-0.05, 0) is 66.4 Å². The van der Waals surface area contributed by atoms with Crippen molar-refractivity contribution in [2.24, 2.45) is 0 Å². The molecule has 0 aliphatic heterocycles. The molecule has 0 aliphatic rings. The minimum Gasteiger partial charge on any atom is -0.493 e. The second kappa shape index (κ2) is 9.87. The number of amides is 1. The number of fused-ring (bicyclic) bond motifs is 1. The van der Waals surface area contributed by atoms with Crippen LogP contribution in [0.3, 0.4) is 0 Å². The number of nitrogens with zero attached hydrogens (tertiary/aromatic N) is 1. The number of oxazole rings is 1. The van der Waals surface area contributed by atoms with E-state index in [-0.39, 0.29) is 12.5 Å². The standard InChI is InChI=1S/C27H28N2O5/c1-16(2)20-9-6-17(3)12-24(20)33-15-26(30)28-19-8-11-22-21(14-19)29-27(34-22)18-7-10-23(31-4)25(13-18)32-5/h6-14,16H,15H2,1-5H3,(H,28,30). The number of carbonyl (C=O) groups is 1. The summed E-state index contributed by atoms with van der Waals surface area (Å²) in [5, 5.41) is 2.87. The van der Waals surface area contributed by atoms with Crippen LogP contribution in [-0.2, 0) is 4.79 Å². The monoisotopic (exact) mass is 460 g/mol. The van der Waals surface area contributed by atoms with Crippen molar-refractivity contribution in [1.82, 2.24) is 4.98 Å². The van der Waals surface area contributed by atoms with Gasteiger partial charge in [0.15, 0.2) is 23.7 Å². The van der Waals surface area contributed by atoms with Crippen molar-refractivity contribution < 1.29 is 23.4 Å². The normalized spacial score (nSPS) is 11.0. The number of anilines is 1. The number of methoxy groups -OCH3 is 2. The van der Waals surface area contributed by atoms with E-state index in [9.17, 15) is 4.79 Å². The van der Waals surface area contributed by atoms with Gasteiger partial charge in [0.1, 0.15) is 11.3 Å². The predicted molar refractivity (Wildman–Crippen MR) is 132 cm³/mol. The molecule has 0 unspecified atom stereocenters. The van der Waals surface area contributed by atoms with Gasteiger partial charge in [0.05, 0.1) is 14.2 Å². The van der Waals surface area contributed by atoms with Crippen LogP contribution in [0.4, 0.5) is 5.69 Å². The summed E-state index contributed by atoms with van der Waals surface area (Å²) in [4.78, 5) is 17.1. The zero-order chi connectivity index (χ0) is 24.2. The van der Waals surface area contributed by atoms with Gasteiger partial charge in [0.25, 0.3) is 5.91 Å². The van der Waals surface area contributed by atoms with Crippen molar-refractivity contribution in [1.29, 1.82) is 0 Å². The molecule has 0 atom stereocenters. The number of hydrogen-bond donors (Lipinski definition) is 1. The Morgan fingerprint density at radius 1 is 0.971 bits per heavy atom. The summed E-state index contributed by atoms with van der Waals surface area (Å²) >= 11 is 0. The molecule has 0 bridgehead atoms. The predicted octanol–water partition coefficient (Wildman–Crippen LogP) is 5.96. The van der Waals surface area contributed by atoms with Gasteiger partial charge in [-0.2, -0.15) is 0 Å². The molecule has 1 amide bonds. The molecule has 176 valence electrons. The third-order valence-corrected chi connectivity index (χ3v) is 5.45. The highest BCUT2D eigenvalue weighted by Gasteiger charge is 2.14. The first kappa shape index (κ1) is 23.2. The Labute approximate surface area is 198 Å². The lowest BCUT2D eigenvalue weighted by atomic mass is 10.0. The average molecular weight is 461 g/mol. The number of carbonyl (C=O) groups excluding carboxylic acids is 1. The van der Waals surface area contributed by atoms with Gasteiger partial charge in [-0.3, -0.25) is 4.79 Å². The number of nitrogens with one attached hydrogen (secondary N) is 1. The topological polar surface area (TPSA) is 82.8 Å². The van der Waals surface area contributed by atoms with Crippen LogP contribution >= 0.6 is 0 Å². The Morgan fingerprint density at radius 2 is 1.76 bits per heavy atom. The van der Waals surface area contributed by atoms with Crippen LogP contribution < -0.4 is 19.5 Å². The lowest BCUT2D eigenvalue weighted by Gasteiger charge is -2.14. The minimum absolute atomic E-state index is 0.0864. The molecule has 7 nitrogen and oxygen atoms in total. The van der Waals surface area contributed by atoms with E-state index in [2.05, 4.69) is 24.1 Å². The lowest BCUT2D eigenvalue weighted by Crippen LogP contribution is -2.20. The summed E-state index contributed by atoms with van der Waals surface area (Å²) in [6, 6.07) is 16.8. The van der Waals surface area contributed by atoms with Gasteiger partial charge in [-0.1, -0.05) is 26.0 Å². The lowest BCUT2D eigenvalue weighted by molar-refractivity contribution is -0.118. The summed E-state index contributed by atoms with van der Waals surface area (Å²) in [7, 11) is 3.16. The molecule has 7 heteroatoms. The highest BCUT2D eigenvalue weighted by Crippen LogP contribution is 2.33. The molecule has 1 aromatic heterocycles. The van der Waals surface area contributed by atoms with E-state index in [1.54, 1.807) is 44.6 Å². The quantitative estimate of drug-likeness (QED) is 0.349. The molecular formula is C27H28N2O5. The van der Waals surface area contributed by atoms with Gasteiger partial charge in [0, 0.05) is 11.3 Å². The van der Waals surface area contributed by atoms with Gasteiger partial charge in [0.2, 0.25) is 5.89 Å². The van der Waals surface area contributed by atoms with Gasteiger partial charge in [-0.15, -0.1) is 0 Å². The SMILES string of the molecule is COc1ccc(-c2nc3cc(NC(=O)COc4cc(C)ccc4C(C)C)ccc3o2)cc1OC. The average Bonchev–Trinajstić information content (AvgIpc) is 3.25. The Balaban J connectivity index is 1.48. The van der Waals surface area contributed by atoms with Gasteiger partial charge in [-0.25, -0.2) is 4.98 Å². The molecule has 3 aromatic carbocycles. The number of aryl methyl sites for hydroxylation is 1. The third kappa shape index (κ3) is 4.98. The van der Waals surface area contributed by atoms with Crippen LogP contribution in [0.25, 0.3) is 22.6 Å². The van der Waals surface area contributed by atoms with Crippen LogP contribution in [0.5, 0.6) is 17.2 Å². The summed E-state index contributed by atoms with van der Waals surface area (Å²) in [6.45, 7) is 6.11. The number of ether oxygens (including phenoxy) is 3. The molecule has 1 heterocycles. The van der Waals surface area contributed by atoms with Crippen LogP contribution in [0.1, 0.15) is 30.9 Å². The van der Waals surface area contributed by atoms with Crippen LogP contribution in [0.2, 0.25) is 0 Å². The van der Waals surface area contributed by atoms with E-state index in [0.29, 0.717) is 40.1 Å². The summed E-state index contributed by atoms with van der Waals surface area (Å²) in [6.07, 6.45) is 0. The van der Waals surface area contributed by atoms with Crippen molar-refractivity contribution in [2.75, 3.05) is 26.1 Å². The smallest absolute Gasteiger partial charge is 0.262 e. The highest BCUT2D eigenvalue weighted by atomic mass is 16.5. The number of rotatable bonds is 8. The molecule has 0 saturated carbocycles. The maximum absolute atomic E-state index is 12.5. The summed E-state index contributed by atoms with van der Waals surface area (Å²) in [5.41, 5.74) is 4.77. The zero-order valence-corrected chi connectivity index (χ0v) is 20.0. The molecule has 4 rings (SSSR count). The Bertz CT molecular complexity index is 1330. The highest BCUT2D eigenvalue weighted by molar-refractivity contribution is 5.94. The molecule has 4 aromatic rings. The first-order valence-electron chi connectivity index (χ1n) is 11.0. The van der Waals surface area contributed by atoms with E-state index in [0.717, 1.165) is 22.4 Å². The Hall–Kier alpha value is -4.00. The number of aromatic nitrogens is 1. The number of benzene rings is 3. The van der Waals surface area contributed by atoms with E-state index >= 15 is 0 Å². The van der Waals surface area contributed by atoms with E-state index < -0.39 is 0 Å². The van der Waals surface area contributed by atoms with E-state index in [1.807, 2.05) is 31.2 Å². The fourth-order valence-corrected chi connectivity index (χ4v) is 3.68. The molecule has 0 radical (unpaired) electrons. The van der Waals surface area contributed by atoms with Crippen LogP contribution in [0.15, 0.2) is 59.0 Å². The largest absolute Gasteiger partial charge is 0.493 e. The Kier molecular flexibility index (Phi) is 6.72. The maximum atomic E-state index is 12.5. The minimum atomic E-state index is -0.251. The fourth-order valence-electron chi connectivity index (χ4n) is 3.68. The summed E-state index contributed by atoms with van der Waals surface area (Å²) < 4.78 is 22.4. The summed E-state index contributed by atoms with van der Waals surface area (Å²) in [5.74, 6) is 2.44. The van der Waals surface area contributed by atoms with Crippen molar-refractivity contribution in [3.05, 3.63) is 65.7 Å². The number of hydrogen-bond acceptors (Lipinski definition) is 6. The van der Waals surface area contributed by atoms with Crippen LogP contribution in [-0.4, -0.2) is 31.7 Å². The van der Waals surface area contributed by atoms with Crippen LogP contribution in [0, 0.1) is 6.92 Å². The molecule has 0 fully saturated rings. The Morgan fingerprint density at radius 3 is 2.50 bits per heavy atom. The zero-order valence-electron chi connectivity index (χ0n) is 20.0. The molecule has 0 aliphatic carbocycles. The van der Waals surface area contributed by atoms with E-state index in [4.69, 9.17) is 18.6 Å². The molecule has 34 heavy (non-hydrogen) atoms. The van der Waals surface area contributed by atoms with Crippen molar-refractivity contribution >= 4 is 22.7 Å². The maximum Gasteiger partial charge on any atom is 0.262 e. The van der Waals surface area contributed by atoms with Gasteiger partial charge < -0.3 is 23.9 Å². The fraction of sp³-hybridized carbons (Fsp3) is 0.259. The molecular weight excluding hydrogens is 432 g/mol. The van der Waals surface area contributed by atoms with Crippen molar-refractivity contribution in [2.45, 2.75) is 26.7 Å². The van der Waals surface area contributed by atoms with Crippen molar-refractivity contribution in [3.8, 4) is 28.7 Å². The van der Waals surface area contributed by atoms with E-state index in [1.165, 1.54) is 0 Å². The second-order valence-corrected chi connectivity index (χ2v) is 8.30. The molecule has 1 N–H and O–H groups in total. The third-order valence-electron chi connectivity index (χ3n) is 5.45. The van der Waals surface area contributed by atoms with Gasteiger partial charge >= 0.3 is 0 Å². The second-order valence-electron chi connectivity index (χ2n) is 8.30. The molecule has 0 saturated heterocycles. The van der Waals surface area contributed by atoms with Crippen molar-refractivity contribution in [3.63, 3.8) is 0 Å².